The number of nitrogens with zero attached hydrogens (tertiary/aromatic N) is 2. The number of carbonyl (C=O) groups excluding carboxylic acids is 1. The molecule has 19 heavy (non-hydrogen) atoms. The van der Waals surface area contributed by atoms with Gasteiger partial charge in [0, 0.05) is 12.7 Å². The number of carbonyl (C=O) groups is 1. The third kappa shape index (κ3) is 3.84. The second kappa shape index (κ2) is 6.96. The van der Waals surface area contributed by atoms with Crippen molar-refractivity contribution in [3.05, 3.63) is 35.5 Å². The number of hydrogen-bond acceptors (Lipinski definition) is 5. The molecule has 0 aromatic carbocycles. The van der Waals surface area contributed by atoms with Crippen LogP contribution in [-0.4, -0.2) is 36.0 Å². The first-order valence-corrected chi connectivity index (χ1v) is 6.93. The molecule has 0 saturated carbocycles. The number of aromatic nitrogens is 2. The molecule has 2 aromatic heterocycles. The largest absolute Gasteiger partial charge is 0.351 e. The van der Waals surface area contributed by atoms with Gasteiger partial charge in [0.2, 0.25) is 0 Å². The van der Waals surface area contributed by atoms with E-state index in [2.05, 4.69) is 20.6 Å². The fraction of sp³-hybridized carbons (Fsp3) is 0.308. The third-order valence-electron chi connectivity index (χ3n) is 2.50. The molecule has 1 amide bonds. The summed E-state index contributed by atoms with van der Waals surface area (Å²) in [5.41, 5.74) is 0.793. The predicted octanol–water partition coefficient (Wildman–Crippen LogP) is 1.54. The summed E-state index contributed by atoms with van der Waals surface area (Å²) in [7, 11) is 1.89. The molecule has 0 unspecified atom stereocenters. The van der Waals surface area contributed by atoms with Gasteiger partial charge in [0.1, 0.15) is 9.88 Å². The quantitative estimate of drug-likeness (QED) is 0.786. The van der Waals surface area contributed by atoms with Crippen molar-refractivity contribution in [3.63, 3.8) is 0 Å². The van der Waals surface area contributed by atoms with E-state index in [1.807, 2.05) is 25.2 Å². The van der Waals surface area contributed by atoms with Crippen molar-refractivity contribution >= 4 is 17.2 Å². The predicted molar refractivity (Wildman–Crippen MR) is 76.2 cm³/mol. The Hall–Kier alpha value is -1.79. The van der Waals surface area contributed by atoms with Crippen LogP contribution in [0.4, 0.5) is 0 Å². The van der Waals surface area contributed by atoms with Crippen molar-refractivity contribution in [1.82, 2.24) is 20.6 Å². The zero-order chi connectivity index (χ0) is 13.5. The van der Waals surface area contributed by atoms with E-state index in [1.165, 1.54) is 11.3 Å². The number of pyridine rings is 1. The van der Waals surface area contributed by atoms with E-state index in [9.17, 15) is 4.79 Å². The van der Waals surface area contributed by atoms with Crippen LogP contribution in [0.3, 0.4) is 0 Å². The normalized spacial score (nSPS) is 10.4. The third-order valence-corrected chi connectivity index (χ3v) is 3.52. The lowest BCUT2D eigenvalue weighted by Gasteiger charge is -2.02. The van der Waals surface area contributed by atoms with Crippen molar-refractivity contribution in [2.75, 3.05) is 20.1 Å². The first-order chi connectivity index (χ1) is 9.31. The Morgan fingerprint density at radius 2 is 2.21 bits per heavy atom. The second-order valence-corrected chi connectivity index (χ2v) is 4.99. The highest BCUT2D eigenvalue weighted by atomic mass is 32.1. The summed E-state index contributed by atoms with van der Waals surface area (Å²) in [5.74, 6) is -0.0733. The molecule has 0 aliphatic rings. The van der Waals surface area contributed by atoms with Crippen LogP contribution in [0.5, 0.6) is 0 Å². The van der Waals surface area contributed by atoms with Crippen molar-refractivity contribution in [2.24, 2.45) is 0 Å². The average molecular weight is 276 g/mol. The maximum atomic E-state index is 11.9. The Kier molecular flexibility index (Phi) is 5.00. The summed E-state index contributed by atoms with van der Waals surface area (Å²) in [6.07, 6.45) is 4.23. The van der Waals surface area contributed by atoms with E-state index in [-0.39, 0.29) is 5.91 Å². The van der Waals surface area contributed by atoms with Gasteiger partial charge in [-0.15, -0.1) is 11.3 Å². The van der Waals surface area contributed by atoms with Gasteiger partial charge in [-0.05, 0) is 32.1 Å². The lowest BCUT2D eigenvalue weighted by atomic mass is 10.4. The zero-order valence-electron chi connectivity index (χ0n) is 10.7. The molecule has 5 nitrogen and oxygen atoms in total. The topological polar surface area (TPSA) is 66.9 Å². The Morgan fingerprint density at radius 3 is 2.95 bits per heavy atom. The van der Waals surface area contributed by atoms with Gasteiger partial charge in [-0.25, -0.2) is 4.98 Å². The summed E-state index contributed by atoms with van der Waals surface area (Å²) >= 11 is 1.36. The summed E-state index contributed by atoms with van der Waals surface area (Å²) in [4.78, 5) is 20.9. The number of hydrogen-bond donors (Lipinski definition) is 2. The number of rotatable bonds is 6. The summed E-state index contributed by atoms with van der Waals surface area (Å²) in [6, 6.07) is 5.64. The Morgan fingerprint density at radius 1 is 1.32 bits per heavy atom. The van der Waals surface area contributed by atoms with Gasteiger partial charge in [-0.3, -0.25) is 9.78 Å². The molecule has 2 aromatic rings. The molecule has 0 atom stereocenters. The molecule has 6 heteroatoms. The minimum absolute atomic E-state index is 0.0733. The second-order valence-electron chi connectivity index (χ2n) is 3.96. The highest BCUT2D eigenvalue weighted by Crippen LogP contribution is 2.22. The van der Waals surface area contributed by atoms with E-state index in [4.69, 9.17) is 0 Å². The van der Waals surface area contributed by atoms with Gasteiger partial charge >= 0.3 is 0 Å². The van der Waals surface area contributed by atoms with Crippen LogP contribution in [0.1, 0.15) is 16.1 Å². The first-order valence-electron chi connectivity index (χ1n) is 6.11. The van der Waals surface area contributed by atoms with Crippen LogP contribution in [0.25, 0.3) is 10.7 Å². The zero-order valence-corrected chi connectivity index (χ0v) is 11.5. The summed E-state index contributed by atoms with van der Waals surface area (Å²) < 4.78 is 0. The van der Waals surface area contributed by atoms with Crippen LogP contribution in [0, 0.1) is 0 Å². The van der Waals surface area contributed by atoms with Crippen molar-refractivity contribution in [2.45, 2.75) is 6.42 Å². The molecule has 0 fully saturated rings. The molecule has 2 rings (SSSR count). The number of nitrogens with one attached hydrogen (secondary N) is 2. The maximum Gasteiger partial charge on any atom is 0.263 e. The Bertz CT molecular complexity index is 526. The highest BCUT2D eigenvalue weighted by Gasteiger charge is 2.11. The minimum atomic E-state index is -0.0733. The molecule has 0 spiro atoms. The molecule has 0 aliphatic heterocycles. The van der Waals surface area contributed by atoms with Crippen molar-refractivity contribution in [3.8, 4) is 10.7 Å². The molecular formula is C13H16N4OS. The molecule has 2 N–H and O–H groups in total. The fourth-order valence-electron chi connectivity index (χ4n) is 1.54. The van der Waals surface area contributed by atoms with Crippen LogP contribution in [-0.2, 0) is 0 Å². The van der Waals surface area contributed by atoms with Crippen LogP contribution >= 0.6 is 11.3 Å². The van der Waals surface area contributed by atoms with E-state index in [0.717, 1.165) is 23.7 Å². The first kappa shape index (κ1) is 13.6. The SMILES string of the molecule is CNCCCNC(=O)c1cnc(-c2ccccn2)s1. The molecular weight excluding hydrogens is 260 g/mol. The number of amides is 1. The number of thiazole rings is 1. The standard InChI is InChI=1S/C13H16N4OS/c1-14-6-4-8-16-12(18)11-9-17-13(19-11)10-5-2-3-7-15-10/h2-3,5,7,9,14H,4,6,8H2,1H3,(H,16,18). The van der Waals surface area contributed by atoms with Crippen molar-refractivity contribution in [1.29, 1.82) is 0 Å². The maximum absolute atomic E-state index is 11.9. The van der Waals surface area contributed by atoms with Crippen LogP contribution in [0.15, 0.2) is 30.6 Å². The van der Waals surface area contributed by atoms with Gasteiger partial charge in [-0.1, -0.05) is 6.07 Å². The smallest absolute Gasteiger partial charge is 0.263 e. The van der Waals surface area contributed by atoms with E-state index < -0.39 is 0 Å². The molecule has 0 radical (unpaired) electrons. The van der Waals surface area contributed by atoms with Gasteiger partial charge in [0.15, 0.2) is 0 Å². The molecule has 0 aliphatic carbocycles. The van der Waals surface area contributed by atoms with Gasteiger partial charge in [0.05, 0.1) is 11.9 Å². The van der Waals surface area contributed by atoms with E-state index in [0.29, 0.717) is 11.4 Å². The fourth-order valence-corrected chi connectivity index (χ4v) is 2.35. The lowest BCUT2D eigenvalue weighted by Crippen LogP contribution is -2.25. The molecule has 0 saturated heterocycles. The van der Waals surface area contributed by atoms with Gasteiger partial charge < -0.3 is 10.6 Å². The Balaban J connectivity index is 1.95. The lowest BCUT2D eigenvalue weighted by molar-refractivity contribution is 0.0957. The van der Waals surface area contributed by atoms with Crippen LogP contribution in [0.2, 0.25) is 0 Å². The van der Waals surface area contributed by atoms with Gasteiger partial charge in [-0.2, -0.15) is 0 Å². The van der Waals surface area contributed by atoms with E-state index >= 15 is 0 Å². The van der Waals surface area contributed by atoms with Crippen molar-refractivity contribution < 1.29 is 4.79 Å². The molecule has 2 heterocycles. The Labute approximate surface area is 116 Å². The summed E-state index contributed by atoms with van der Waals surface area (Å²) in [5, 5.41) is 6.67. The molecule has 100 valence electrons. The average Bonchev–Trinajstić information content (AvgIpc) is 2.94. The summed E-state index contributed by atoms with van der Waals surface area (Å²) in [6.45, 7) is 1.55. The van der Waals surface area contributed by atoms with Crippen LogP contribution < -0.4 is 10.6 Å². The van der Waals surface area contributed by atoms with E-state index in [1.54, 1.807) is 12.4 Å². The molecule has 0 bridgehead atoms. The monoisotopic (exact) mass is 276 g/mol. The highest BCUT2D eigenvalue weighted by molar-refractivity contribution is 7.16. The minimum Gasteiger partial charge on any atom is -0.351 e. The van der Waals surface area contributed by atoms with Gasteiger partial charge in [0.25, 0.3) is 5.91 Å².